The van der Waals surface area contributed by atoms with E-state index in [0.717, 1.165) is 35.6 Å². The number of hydrogen-bond donors (Lipinski definition) is 1. The number of fused-ring (bicyclic) bond motifs is 1. The Morgan fingerprint density at radius 2 is 1.90 bits per heavy atom. The number of hydrogen-bond acceptors (Lipinski definition) is 3. The highest BCUT2D eigenvalue weighted by Gasteiger charge is 2.19. The molecule has 0 aliphatic heterocycles. The number of unbranched alkanes of at least 4 members (excludes halogenated alkanes) is 2. The molecule has 3 heteroatoms. The van der Waals surface area contributed by atoms with Crippen LogP contribution in [0.25, 0.3) is 10.8 Å². The number of benzene rings is 2. The van der Waals surface area contributed by atoms with Crippen LogP contribution in [0.15, 0.2) is 42.5 Å². The Morgan fingerprint density at radius 3 is 2.70 bits per heavy atom. The largest absolute Gasteiger partial charge is 0.464 e. The van der Waals surface area contributed by atoms with Crippen LogP contribution >= 0.6 is 0 Å². The monoisotopic (exact) mass is 271 g/mol. The molecular weight excluding hydrogens is 250 g/mol. The fourth-order valence-corrected chi connectivity index (χ4v) is 2.26. The standard InChI is InChI=1S/C17H21NO2/c1-2-3-6-12-20-17(19)16(18)15-11-7-9-13-8-4-5-10-14(13)15/h4-5,7-11,16H,2-3,6,12,18H2,1H3. The molecule has 0 radical (unpaired) electrons. The summed E-state index contributed by atoms with van der Waals surface area (Å²) < 4.78 is 5.25. The lowest BCUT2D eigenvalue weighted by Gasteiger charge is -2.14. The molecule has 0 bridgehead atoms. The lowest BCUT2D eigenvalue weighted by molar-refractivity contribution is -0.145. The summed E-state index contributed by atoms with van der Waals surface area (Å²) in [5.41, 5.74) is 6.87. The summed E-state index contributed by atoms with van der Waals surface area (Å²) in [4.78, 5) is 12.0. The zero-order valence-electron chi connectivity index (χ0n) is 11.8. The van der Waals surface area contributed by atoms with Crippen LogP contribution in [0.1, 0.15) is 37.8 Å². The first-order chi connectivity index (χ1) is 9.74. The summed E-state index contributed by atoms with van der Waals surface area (Å²) in [6.07, 6.45) is 3.06. The summed E-state index contributed by atoms with van der Waals surface area (Å²) >= 11 is 0. The number of rotatable bonds is 6. The number of esters is 1. The maximum absolute atomic E-state index is 12.0. The van der Waals surface area contributed by atoms with Crippen molar-refractivity contribution < 1.29 is 9.53 Å². The molecule has 0 spiro atoms. The quantitative estimate of drug-likeness (QED) is 0.645. The third kappa shape index (κ3) is 3.36. The van der Waals surface area contributed by atoms with Crippen molar-refractivity contribution in [2.24, 2.45) is 5.73 Å². The highest BCUT2D eigenvalue weighted by molar-refractivity contribution is 5.90. The third-order valence-corrected chi connectivity index (χ3v) is 3.40. The molecule has 2 N–H and O–H groups in total. The van der Waals surface area contributed by atoms with Crippen molar-refractivity contribution in [2.75, 3.05) is 6.61 Å². The summed E-state index contributed by atoms with van der Waals surface area (Å²) in [6, 6.07) is 13.0. The highest BCUT2D eigenvalue weighted by Crippen LogP contribution is 2.23. The Hall–Kier alpha value is -1.87. The van der Waals surface area contributed by atoms with Crippen molar-refractivity contribution in [2.45, 2.75) is 32.2 Å². The Balaban J connectivity index is 2.10. The van der Waals surface area contributed by atoms with Gasteiger partial charge in [-0.05, 0) is 22.8 Å². The third-order valence-electron chi connectivity index (χ3n) is 3.40. The SMILES string of the molecule is CCCCCOC(=O)C(N)c1cccc2ccccc12. The maximum atomic E-state index is 12.0. The predicted molar refractivity (Wildman–Crippen MR) is 81.4 cm³/mol. The average Bonchev–Trinajstić information content (AvgIpc) is 2.50. The zero-order chi connectivity index (χ0) is 14.4. The van der Waals surface area contributed by atoms with E-state index in [4.69, 9.17) is 10.5 Å². The molecule has 2 aromatic carbocycles. The summed E-state index contributed by atoms with van der Waals surface area (Å²) in [7, 11) is 0. The van der Waals surface area contributed by atoms with Crippen LogP contribution in [0.2, 0.25) is 0 Å². The van der Waals surface area contributed by atoms with Gasteiger partial charge in [-0.25, -0.2) is 4.79 Å². The van der Waals surface area contributed by atoms with Gasteiger partial charge in [-0.1, -0.05) is 62.2 Å². The van der Waals surface area contributed by atoms with Gasteiger partial charge in [0.1, 0.15) is 6.04 Å². The normalized spacial score (nSPS) is 12.3. The van der Waals surface area contributed by atoms with E-state index in [1.54, 1.807) is 0 Å². The van der Waals surface area contributed by atoms with E-state index < -0.39 is 6.04 Å². The van der Waals surface area contributed by atoms with Crippen LogP contribution < -0.4 is 5.73 Å². The molecule has 0 aliphatic carbocycles. The molecule has 20 heavy (non-hydrogen) atoms. The molecule has 0 heterocycles. The average molecular weight is 271 g/mol. The molecule has 0 saturated heterocycles. The van der Waals surface area contributed by atoms with E-state index >= 15 is 0 Å². The molecule has 3 nitrogen and oxygen atoms in total. The van der Waals surface area contributed by atoms with E-state index in [2.05, 4.69) is 6.92 Å². The molecule has 1 unspecified atom stereocenters. The van der Waals surface area contributed by atoms with E-state index in [-0.39, 0.29) is 5.97 Å². The first-order valence-corrected chi connectivity index (χ1v) is 7.14. The molecule has 0 fully saturated rings. The number of nitrogens with two attached hydrogens (primary N) is 1. The Kier molecular flexibility index (Phi) is 5.13. The van der Waals surface area contributed by atoms with Crippen molar-refractivity contribution in [1.29, 1.82) is 0 Å². The minimum atomic E-state index is -0.720. The summed E-state index contributed by atoms with van der Waals surface area (Å²) in [6.45, 7) is 2.56. The summed E-state index contributed by atoms with van der Waals surface area (Å²) in [5.74, 6) is -0.350. The minimum absolute atomic E-state index is 0.350. The van der Waals surface area contributed by atoms with Crippen molar-refractivity contribution in [3.8, 4) is 0 Å². The predicted octanol–water partition coefficient (Wildman–Crippen LogP) is 3.57. The van der Waals surface area contributed by atoms with Gasteiger partial charge in [0.2, 0.25) is 0 Å². The van der Waals surface area contributed by atoms with Gasteiger partial charge in [0, 0.05) is 0 Å². The van der Waals surface area contributed by atoms with E-state index in [1.807, 2.05) is 42.5 Å². The molecule has 2 aromatic rings. The van der Waals surface area contributed by atoms with Crippen LogP contribution in [-0.4, -0.2) is 12.6 Å². The second-order valence-corrected chi connectivity index (χ2v) is 4.92. The smallest absolute Gasteiger partial charge is 0.327 e. The van der Waals surface area contributed by atoms with Gasteiger partial charge < -0.3 is 10.5 Å². The first-order valence-electron chi connectivity index (χ1n) is 7.14. The van der Waals surface area contributed by atoms with Crippen molar-refractivity contribution in [3.63, 3.8) is 0 Å². The molecule has 0 amide bonds. The Labute approximate surface area is 119 Å². The van der Waals surface area contributed by atoms with E-state index in [9.17, 15) is 4.79 Å². The van der Waals surface area contributed by atoms with E-state index in [1.165, 1.54) is 0 Å². The highest BCUT2D eigenvalue weighted by atomic mass is 16.5. The van der Waals surface area contributed by atoms with Crippen LogP contribution in [0.4, 0.5) is 0 Å². The van der Waals surface area contributed by atoms with Crippen LogP contribution in [0.3, 0.4) is 0 Å². The van der Waals surface area contributed by atoms with Gasteiger partial charge in [0.05, 0.1) is 6.61 Å². The lowest BCUT2D eigenvalue weighted by Crippen LogP contribution is -2.24. The second kappa shape index (κ2) is 7.06. The van der Waals surface area contributed by atoms with Crippen molar-refractivity contribution in [1.82, 2.24) is 0 Å². The van der Waals surface area contributed by atoms with Crippen LogP contribution in [0.5, 0.6) is 0 Å². The van der Waals surface area contributed by atoms with Gasteiger partial charge in [-0.2, -0.15) is 0 Å². The van der Waals surface area contributed by atoms with Crippen molar-refractivity contribution >= 4 is 16.7 Å². The zero-order valence-corrected chi connectivity index (χ0v) is 11.8. The van der Waals surface area contributed by atoms with Gasteiger partial charge in [-0.3, -0.25) is 0 Å². The fourth-order valence-electron chi connectivity index (χ4n) is 2.26. The van der Waals surface area contributed by atoms with Gasteiger partial charge in [0.15, 0.2) is 0 Å². The molecular formula is C17H21NO2. The van der Waals surface area contributed by atoms with Gasteiger partial charge >= 0.3 is 5.97 Å². The Bertz CT molecular complexity index is 575. The maximum Gasteiger partial charge on any atom is 0.327 e. The molecule has 0 aromatic heterocycles. The molecule has 0 saturated carbocycles. The topological polar surface area (TPSA) is 52.3 Å². The van der Waals surface area contributed by atoms with E-state index in [0.29, 0.717) is 6.61 Å². The first kappa shape index (κ1) is 14.5. The fraction of sp³-hybridized carbons (Fsp3) is 0.353. The molecule has 106 valence electrons. The number of carbonyl (C=O) groups excluding carboxylic acids is 1. The minimum Gasteiger partial charge on any atom is -0.464 e. The lowest BCUT2D eigenvalue weighted by atomic mass is 9.99. The van der Waals surface area contributed by atoms with Crippen LogP contribution in [0, 0.1) is 0 Å². The number of ether oxygens (including phenoxy) is 1. The number of carbonyl (C=O) groups is 1. The van der Waals surface area contributed by atoms with Crippen LogP contribution in [-0.2, 0) is 9.53 Å². The Morgan fingerprint density at radius 1 is 1.15 bits per heavy atom. The molecule has 1 atom stereocenters. The second-order valence-electron chi connectivity index (χ2n) is 4.92. The molecule has 0 aliphatic rings. The summed E-state index contributed by atoms with van der Waals surface area (Å²) in [5, 5.41) is 2.09. The van der Waals surface area contributed by atoms with Crippen molar-refractivity contribution in [3.05, 3.63) is 48.0 Å². The van der Waals surface area contributed by atoms with Gasteiger partial charge in [0.25, 0.3) is 0 Å². The van der Waals surface area contributed by atoms with Gasteiger partial charge in [-0.15, -0.1) is 0 Å². The molecule has 2 rings (SSSR count).